The van der Waals surface area contributed by atoms with Crippen LogP contribution in [0.15, 0.2) is 16.7 Å². The summed E-state index contributed by atoms with van der Waals surface area (Å²) in [5.74, 6) is -0.533. The zero-order valence-corrected chi connectivity index (χ0v) is 11.5. The average molecular weight is 268 g/mol. The fourth-order valence-electron chi connectivity index (χ4n) is 1.65. The van der Waals surface area contributed by atoms with E-state index in [0.717, 1.165) is 0 Å². The van der Waals surface area contributed by atoms with Crippen molar-refractivity contribution in [2.75, 3.05) is 13.1 Å². The summed E-state index contributed by atoms with van der Waals surface area (Å²) in [6, 6.07) is 1.58. The number of nitrogens with zero attached hydrogens (tertiary/aromatic N) is 1. The highest BCUT2D eigenvalue weighted by Crippen LogP contribution is 2.10. The van der Waals surface area contributed by atoms with Crippen LogP contribution in [-0.2, 0) is 11.3 Å². The number of hydrogen-bond donors (Lipinski definition) is 2. The summed E-state index contributed by atoms with van der Waals surface area (Å²) in [6.45, 7) is 7.09. The highest BCUT2D eigenvalue weighted by molar-refractivity contribution is 5.87. The lowest BCUT2D eigenvalue weighted by atomic mass is 10.3. The van der Waals surface area contributed by atoms with Gasteiger partial charge in [0, 0.05) is 6.04 Å². The molecule has 0 unspecified atom stereocenters. The van der Waals surface area contributed by atoms with E-state index in [2.05, 4.69) is 5.32 Å². The monoisotopic (exact) mass is 268 g/mol. The molecule has 6 nitrogen and oxygen atoms in total. The molecule has 1 aromatic heterocycles. The lowest BCUT2D eigenvalue weighted by molar-refractivity contribution is -0.122. The highest BCUT2D eigenvalue weighted by Gasteiger charge is 2.14. The largest absolute Gasteiger partial charge is 0.478 e. The Morgan fingerprint density at radius 1 is 1.47 bits per heavy atom. The van der Waals surface area contributed by atoms with Gasteiger partial charge in [0.15, 0.2) is 0 Å². The third-order valence-corrected chi connectivity index (χ3v) is 2.54. The van der Waals surface area contributed by atoms with Crippen molar-refractivity contribution < 1.29 is 19.1 Å². The highest BCUT2D eigenvalue weighted by atomic mass is 16.4. The number of likely N-dealkylation sites (N-methyl/N-ethyl adjacent to an activating group) is 1. The molecule has 0 radical (unpaired) electrons. The lowest BCUT2D eigenvalue weighted by Crippen LogP contribution is -2.39. The normalized spacial score (nSPS) is 11.0. The molecule has 6 heteroatoms. The van der Waals surface area contributed by atoms with Gasteiger partial charge in [-0.05, 0) is 26.5 Å². The maximum absolute atomic E-state index is 11.6. The Balaban J connectivity index is 2.56. The number of carbonyl (C=O) groups excluding carboxylic acids is 1. The van der Waals surface area contributed by atoms with Crippen molar-refractivity contribution in [1.82, 2.24) is 10.2 Å². The molecule has 1 rings (SSSR count). The van der Waals surface area contributed by atoms with Gasteiger partial charge in [-0.25, -0.2) is 4.79 Å². The van der Waals surface area contributed by atoms with Gasteiger partial charge in [-0.3, -0.25) is 9.69 Å². The third-order valence-electron chi connectivity index (χ3n) is 2.54. The van der Waals surface area contributed by atoms with Crippen LogP contribution in [0.3, 0.4) is 0 Å². The van der Waals surface area contributed by atoms with Crippen LogP contribution in [0.4, 0.5) is 0 Å². The van der Waals surface area contributed by atoms with E-state index in [0.29, 0.717) is 18.8 Å². The van der Waals surface area contributed by atoms with Gasteiger partial charge >= 0.3 is 5.97 Å². The Morgan fingerprint density at radius 3 is 2.63 bits per heavy atom. The first-order chi connectivity index (χ1) is 8.92. The van der Waals surface area contributed by atoms with Gasteiger partial charge < -0.3 is 14.8 Å². The van der Waals surface area contributed by atoms with E-state index in [-0.39, 0.29) is 24.1 Å². The Labute approximate surface area is 112 Å². The molecule has 19 heavy (non-hydrogen) atoms. The quantitative estimate of drug-likeness (QED) is 0.779. The number of carboxylic acid groups (broad SMARTS) is 1. The SMILES string of the molecule is CCN(CC(=O)NC(C)C)Cc1cc(C(=O)O)co1. The molecule has 1 heterocycles. The molecular weight excluding hydrogens is 248 g/mol. The van der Waals surface area contributed by atoms with Crippen LogP contribution >= 0.6 is 0 Å². The van der Waals surface area contributed by atoms with Gasteiger partial charge in [-0.1, -0.05) is 6.92 Å². The van der Waals surface area contributed by atoms with E-state index in [9.17, 15) is 9.59 Å². The minimum absolute atomic E-state index is 0.0538. The molecule has 0 bridgehead atoms. The summed E-state index contributed by atoms with van der Waals surface area (Å²) in [4.78, 5) is 24.3. The maximum atomic E-state index is 11.6. The number of aromatic carboxylic acids is 1. The Hall–Kier alpha value is -1.82. The Bertz CT molecular complexity index is 440. The van der Waals surface area contributed by atoms with Crippen LogP contribution in [0.1, 0.15) is 36.9 Å². The van der Waals surface area contributed by atoms with E-state index >= 15 is 0 Å². The molecule has 0 atom stereocenters. The fourth-order valence-corrected chi connectivity index (χ4v) is 1.65. The third kappa shape index (κ3) is 5.13. The zero-order chi connectivity index (χ0) is 14.4. The molecule has 0 aromatic carbocycles. The van der Waals surface area contributed by atoms with Crippen molar-refractivity contribution in [1.29, 1.82) is 0 Å². The Kier molecular flexibility index (Phi) is 5.57. The van der Waals surface area contributed by atoms with Crippen molar-refractivity contribution in [2.45, 2.75) is 33.4 Å². The second kappa shape index (κ2) is 6.94. The van der Waals surface area contributed by atoms with Crippen LogP contribution in [0.5, 0.6) is 0 Å². The average Bonchev–Trinajstić information content (AvgIpc) is 2.75. The van der Waals surface area contributed by atoms with Crippen molar-refractivity contribution in [3.63, 3.8) is 0 Å². The summed E-state index contributed by atoms with van der Waals surface area (Å²) < 4.78 is 5.17. The van der Waals surface area contributed by atoms with Crippen LogP contribution in [0.2, 0.25) is 0 Å². The summed E-state index contributed by atoms with van der Waals surface area (Å²) in [7, 11) is 0. The van der Waals surface area contributed by atoms with Crippen LogP contribution in [0, 0.1) is 0 Å². The molecule has 0 aliphatic rings. The second-order valence-corrected chi connectivity index (χ2v) is 4.63. The molecule has 0 saturated carbocycles. The van der Waals surface area contributed by atoms with Crippen molar-refractivity contribution in [3.05, 3.63) is 23.7 Å². The standard InChI is InChI=1S/C13H20N2O4/c1-4-15(7-12(16)14-9(2)3)6-11-5-10(8-19-11)13(17)18/h5,8-9H,4,6-7H2,1-3H3,(H,14,16)(H,17,18). The predicted octanol–water partition coefficient (Wildman–Crippen LogP) is 1.32. The number of furan rings is 1. The van der Waals surface area contributed by atoms with Crippen LogP contribution < -0.4 is 5.32 Å². The first-order valence-electron chi connectivity index (χ1n) is 6.24. The molecule has 0 saturated heterocycles. The van der Waals surface area contributed by atoms with Gasteiger partial charge in [-0.15, -0.1) is 0 Å². The number of carboxylic acids is 1. The first-order valence-corrected chi connectivity index (χ1v) is 6.24. The second-order valence-electron chi connectivity index (χ2n) is 4.63. The minimum atomic E-state index is -1.02. The van der Waals surface area contributed by atoms with Gasteiger partial charge in [0.05, 0.1) is 18.7 Å². The van der Waals surface area contributed by atoms with E-state index in [4.69, 9.17) is 9.52 Å². The van der Waals surface area contributed by atoms with Gasteiger partial charge in [-0.2, -0.15) is 0 Å². The number of hydrogen-bond acceptors (Lipinski definition) is 4. The summed E-state index contributed by atoms with van der Waals surface area (Å²) >= 11 is 0. The molecule has 0 aliphatic carbocycles. The molecule has 2 N–H and O–H groups in total. The van der Waals surface area contributed by atoms with E-state index in [1.54, 1.807) is 0 Å². The number of nitrogens with one attached hydrogen (secondary N) is 1. The molecule has 0 spiro atoms. The zero-order valence-electron chi connectivity index (χ0n) is 11.5. The topological polar surface area (TPSA) is 82.8 Å². The summed E-state index contributed by atoms with van der Waals surface area (Å²) in [6.07, 6.45) is 1.21. The van der Waals surface area contributed by atoms with Crippen LogP contribution in [-0.4, -0.2) is 41.0 Å². The van der Waals surface area contributed by atoms with E-state index in [1.807, 2.05) is 25.7 Å². The number of carbonyl (C=O) groups is 2. The van der Waals surface area contributed by atoms with Gasteiger partial charge in [0.2, 0.25) is 5.91 Å². The Morgan fingerprint density at radius 2 is 2.16 bits per heavy atom. The lowest BCUT2D eigenvalue weighted by Gasteiger charge is -2.19. The van der Waals surface area contributed by atoms with Crippen molar-refractivity contribution >= 4 is 11.9 Å². The van der Waals surface area contributed by atoms with Crippen molar-refractivity contribution in [3.8, 4) is 0 Å². The minimum Gasteiger partial charge on any atom is -0.478 e. The molecule has 0 aliphatic heterocycles. The predicted molar refractivity (Wildman–Crippen MR) is 69.9 cm³/mol. The summed E-state index contributed by atoms with van der Waals surface area (Å²) in [5, 5.41) is 11.6. The summed E-state index contributed by atoms with van der Waals surface area (Å²) in [5.41, 5.74) is 0.123. The van der Waals surface area contributed by atoms with Crippen molar-refractivity contribution in [2.24, 2.45) is 0 Å². The van der Waals surface area contributed by atoms with Gasteiger partial charge in [0.1, 0.15) is 12.0 Å². The smallest absolute Gasteiger partial charge is 0.338 e. The molecule has 0 fully saturated rings. The fraction of sp³-hybridized carbons (Fsp3) is 0.538. The molecular formula is C13H20N2O4. The van der Waals surface area contributed by atoms with Crippen LogP contribution in [0.25, 0.3) is 0 Å². The molecule has 1 aromatic rings. The van der Waals surface area contributed by atoms with E-state index < -0.39 is 5.97 Å². The first kappa shape index (κ1) is 15.2. The molecule has 1 amide bonds. The number of rotatable bonds is 7. The van der Waals surface area contributed by atoms with E-state index in [1.165, 1.54) is 12.3 Å². The maximum Gasteiger partial charge on any atom is 0.338 e. The number of amides is 1. The van der Waals surface area contributed by atoms with Gasteiger partial charge in [0.25, 0.3) is 0 Å². The molecule has 106 valence electrons.